The van der Waals surface area contributed by atoms with E-state index in [1.54, 1.807) is 20.2 Å². The van der Waals surface area contributed by atoms with Gasteiger partial charge in [0.25, 0.3) is 5.56 Å². The van der Waals surface area contributed by atoms with E-state index in [1.807, 2.05) is 63.5 Å². The molecule has 2 aromatic rings. The number of aromatic nitrogens is 2. The molecule has 200 valence electrons. The predicted octanol–water partition coefficient (Wildman–Crippen LogP) is 7.24. The number of carbonyl (C=O) groups excluding carboxylic acids is 1. The fourth-order valence-electron chi connectivity index (χ4n) is 2.94. The van der Waals surface area contributed by atoms with Crippen LogP contribution in [0.4, 0.5) is 0 Å². The molecule has 5 nitrogen and oxygen atoms in total. The highest BCUT2D eigenvalue weighted by molar-refractivity contribution is 9.10. The first-order chi connectivity index (χ1) is 17.7. The quantitative estimate of drug-likeness (QED) is 0.227. The monoisotopic (exact) mass is 586 g/mol. The number of aryl methyl sites for hydroxylation is 1. The lowest BCUT2D eigenvalue weighted by atomic mass is 9.94. The number of ketones is 1. The van der Waals surface area contributed by atoms with Crippen molar-refractivity contribution in [2.24, 2.45) is 0 Å². The molecule has 1 aliphatic carbocycles. The third kappa shape index (κ3) is 12.9. The number of methoxy groups -OCH3 is 1. The molecule has 0 aliphatic heterocycles. The molecule has 1 aliphatic rings. The van der Waals surface area contributed by atoms with Crippen LogP contribution in [0, 0.1) is 19.3 Å². The molecule has 0 spiro atoms. The van der Waals surface area contributed by atoms with Gasteiger partial charge >= 0.3 is 0 Å². The Bertz CT molecular complexity index is 1140. The number of rotatable bonds is 5. The SMILES string of the molecule is C#CC.C/C=C\C.COC/C=C(\C)c1ncc(C2=C(SC)C(=O)C(Br)CC2)c(=O)[nH]1.Cc1ccccc1. The van der Waals surface area contributed by atoms with Crippen molar-refractivity contribution in [1.29, 1.82) is 0 Å². The maximum atomic E-state index is 12.4. The Labute approximate surface area is 235 Å². The van der Waals surface area contributed by atoms with Gasteiger partial charge in [-0.05, 0) is 64.9 Å². The number of aromatic amines is 1. The average molecular weight is 588 g/mol. The first-order valence-electron chi connectivity index (χ1n) is 11.9. The first-order valence-corrected chi connectivity index (χ1v) is 14.0. The minimum absolute atomic E-state index is 0.0402. The molecule has 1 unspecified atom stereocenters. The molecule has 7 heteroatoms. The Kier molecular flexibility index (Phi) is 18.9. The summed E-state index contributed by atoms with van der Waals surface area (Å²) in [5.41, 5.74) is 3.21. The van der Waals surface area contributed by atoms with Gasteiger partial charge in [0.15, 0.2) is 5.78 Å². The first kappa shape index (κ1) is 34.3. The second kappa shape index (κ2) is 20.4. The van der Waals surface area contributed by atoms with Crippen LogP contribution in [0.2, 0.25) is 0 Å². The summed E-state index contributed by atoms with van der Waals surface area (Å²) in [5, 5.41) is 0. The van der Waals surface area contributed by atoms with E-state index in [0.717, 1.165) is 11.1 Å². The molecule has 1 heterocycles. The molecule has 0 bridgehead atoms. The second-order valence-electron chi connectivity index (χ2n) is 7.81. The topological polar surface area (TPSA) is 72.0 Å². The lowest BCUT2D eigenvalue weighted by Gasteiger charge is -2.21. The van der Waals surface area contributed by atoms with Crippen LogP contribution in [0.1, 0.15) is 57.5 Å². The standard InChI is InChI=1S/C16H19BrN2O3S.C7H8.C4H8.C3H4/c1-9(6-7-22-2)15-18-8-11(16(21)19-15)10-4-5-12(17)13(20)14(10)23-3;1-7-5-3-2-4-6-7;1-3-4-2;1-3-2/h6,8,12H,4-5,7H2,1-3H3,(H,18,19,21);2-6H,1H3;3-4H,1-2H3;1H,2H3/b9-6+;;4-3-;. The predicted molar refractivity (Wildman–Crippen MR) is 164 cm³/mol. The fraction of sp³-hybridized carbons (Fsp3) is 0.367. The van der Waals surface area contributed by atoms with Gasteiger partial charge in [-0.15, -0.1) is 24.1 Å². The molecule has 0 fully saturated rings. The number of alkyl halides is 1. The van der Waals surface area contributed by atoms with Crippen molar-refractivity contribution in [1.82, 2.24) is 9.97 Å². The number of allylic oxidation sites excluding steroid dienone is 5. The van der Waals surface area contributed by atoms with Gasteiger partial charge in [0.2, 0.25) is 0 Å². The van der Waals surface area contributed by atoms with Gasteiger partial charge in [0.05, 0.1) is 21.9 Å². The van der Waals surface area contributed by atoms with E-state index < -0.39 is 0 Å². The summed E-state index contributed by atoms with van der Waals surface area (Å²) in [6.07, 6.45) is 15.2. The highest BCUT2D eigenvalue weighted by Gasteiger charge is 2.29. The molecule has 1 aromatic heterocycles. The van der Waals surface area contributed by atoms with Crippen LogP contribution in [0.25, 0.3) is 11.1 Å². The van der Waals surface area contributed by atoms with Crippen LogP contribution >= 0.6 is 27.7 Å². The van der Waals surface area contributed by atoms with E-state index in [4.69, 9.17) is 4.74 Å². The molecule has 3 rings (SSSR count). The molecular weight excluding hydrogens is 548 g/mol. The van der Waals surface area contributed by atoms with Crippen LogP contribution in [0.5, 0.6) is 0 Å². The molecule has 0 saturated carbocycles. The Morgan fingerprint density at radius 2 is 1.86 bits per heavy atom. The number of Topliss-reactive ketones (excluding diaryl/α,β-unsaturated/α-hetero) is 1. The number of hydrogen-bond acceptors (Lipinski definition) is 5. The number of ether oxygens (including phenoxy) is 1. The number of H-pyrrole nitrogens is 1. The summed E-state index contributed by atoms with van der Waals surface area (Å²) in [5.74, 6) is 2.81. The maximum Gasteiger partial charge on any atom is 0.258 e. The van der Waals surface area contributed by atoms with Crippen LogP contribution in [-0.2, 0) is 9.53 Å². The van der Waals surface area contributed by atoms with Gasteiger partial charge in [0.1, 0.15) is 5.82 Å². The van der Waals surface area contributed by atoms with Crippen LogP contribution in [0.15, 0.2) is 64.5 Å². The number of carbonyl (C=O) groups is 1. The van der Waals surface area contributed by atoms with Gasteiger partial charge in [-0.1, -0.05) is 70.1 Å². The molecule has 37 heavy (non-hydrogen) atoms. The summed E-state index contributed by atoms with van der Waals surface area (Å²) < 4.78 is 4.99. The van der Waals surface area contributed by atoms with E-state index >= 15 is 0 Å². The lowest BCUT2D eigenvalue weighted by molar-refractivity contribution is -0.114. The zero-order valence-corrected chi connectivity index (χ0v) is 25.3. The van der Waals surface area contributed by atoms with Crippen molar-refractivity contribution in [3.8, 4) is 12.3 Å². The summed E-state index contributed by atoms with van der Waals surface area (Å²) in [7, 11) is 1.61. The van der Waals surface area contributed by atoms with Gasteiger partial charge in [0, 0.05) is 13.3 Å². The zero-order chi connectivity index (χ0) is 28.2. The highest BCUT2D eigenvalue weighted by Crippen LogP contribution is 2.36. The average Bonchev–Trinajstić information content (AvgIpc) is 2.90. The van der Waals surface area contributed by atoms with Crippen molar-refractivity contribution in [2.45, 2.75) is 52.3 Å². The number of nitrogens with zero attached hydrogens (tertiary/aromatic N) is 1. The van der Waals surface area contributed by atoms with E-state index in [1.165, 1.54) is 17.3 Å². The summed E-state index contributed by atoms with van der Waals surface area (Å²) >= 11 is 4.77. The number of benzene rings is 1. The van der Waals surface area contributed by atoms with Crippen molar-refractivity contribution in [3.05, 3.63) is 87.0 Å². The van der Waals surface area contributed by atoms with Gasteiger partial charge in [-0.25, -0.2) is 4.98 Å². The smallest absolute Gasteiger partial charge is 0.258 e. The van der Waals surface area contributed by atoms with E-state index in [9.17, 15) is 9.59 Å². The number of halogens is 1. The Morgan fingerprint density at radius 1 is 1.27 bits per heavy atom. The molecule has 1 atom stereocenters. The van der Waals surface area contributed by atoms with Crippen molar-refractivity contribution in [2.75, 3.05) is 20.0 Å². The normalized spacial score (nSPS) is 14.9. The maximum absolute atomic E-state index is 12.4. The van der Waals surface area contributed by atoms with E-state index in [0.29, 0.717) is 35.7 Å². The molecule has 0 radical (unpaired) electrons. The van der Waals surface area contributed by atoms with Crippen LogP contribution < -0.4 is 5.56 Å². The minimum Gasteiger partial charge on any atom is -0.381 e. The number of hydrogen-bond donors (Lipinski definition) is 1. The van der Waals surface area contributed by atoms with Gasteiger partial charge in [-0.2, -0.15) is 0 Å². The number of terminal acetylenes is 1. The molecule has 0 amide bonds. The Balaban J connectivity index is 0.000000755. The molecule has 1 N–H and O–H groups in total. The summed E-state index contributed by atoms with van der Waals surface area (Å²) in [4.78, 5) is 32.3. The van der Waals surface area contributed by atoms with E-state index in [-0.39, 0.29) is 16.2 Å². The fourth-order valence-corrected chi connectivity index (χ4v) is 4.35. The van der Waals surface area contributed by atoms with Crippen LogP contribution in [0.3, 0.4) is 0 Å². The van der Waals surface area contributed by atoms with Gasteiger partial charge in [-0.3, -0.25) is 9.59 Å². The molecule has 1 aromatic carbocycles. The molecule has 0 saturated heterocycles. The lowest BCUT2D eigenvalue weighted by Crippen LogP contribution is -2.24. The second-order valence-corrected chi connectivity index (χ2v) is 9.73. The summed E-state index contributed by atoms with van der Waals surface area (Å²) in [6.45, 7) is 10.1. The number of nitrogens with one attached hydrogen (secondary N) is 1. The van der Waals surface area contributed by atoms with Crippen molar-refractivity contribution >= 4 is 44.6 Å². The van der Waals surface area contributed by atoms with Crippen molar-refractivity contribution < 1.29 is 9.53 Å². The van der Waals surface area contributed by atoms with E-state index in [2.05, 4.69) is 57.3 Å². The zero-order valence-electron chi connectivity index (χ0n) is 22.9. The Hall–Kier alpha value is -2.66. The number of thioether (sulfide) groups is 1. The van der Waals surface area contributed by atoms with Crippen molar-refractivity contribution in [3.63, 3.8) is 0 Å². The largest absolute Gasteiger partial charge is 0.381 e. The van der Waals surface area contributed by atoms with Crippen LogP contribution in [-0.4, -0.2) is 40.6 Å². The Morgan fingerprint density at radius 3 is 2.30 bits per heavy atom. The summed E-state index contributed by atoms with van der Waals surface area (Å²) in [6, 6.07) is 10.3. The third-order valence-electron chi connectivity index (χ3n) is 4.96. The minimum atomic E-state index is -0.220. The third-order valence-corrected chi connectivity index (χ3v) is 6.69. The van der Waals surface area contributed by atoms with Gasteiger partial charge < -0.3 is 9.72 Å². The molecular formula is C30H39BrN2O3S. The highest BCUT2D eigenvalue weighted by atomic mass is 79.9.